The molecule has 1 aromatic rings. The van der Waals surface area contributed by atoms with Crippen LogP contribution in [-0.2, 0) is 16.7 Å². The van der Waals surface area contributed by atoms with Crippen LogP contribution in [-0.4, -0.2) is 28.1 Å². The van der Waals surface area contributed by atoms with Crippen molar-refractivity contribution in [1.82, 2.24) is 9.88 Å². The van der Waals surface area contributed by atoms with Crippen LogP contribution in [0, 0.1) is 0 Å². The number of amides is 1. The lowest BCUT2D eigenvalue weighted by Gasteiger charge is -2.37. The van der Waals surface area contributed by atoms with Crippen molar-refractivity contribution in [2.45, 2.75) is 52.2 Å². The van der Waals surface area contributed by atoms with E-state index in [1.807, 2.05) is 20.8 Å². The fraction of sp³-hybridized carbons (Fsp3) is 0.692. The van der Waals surface area contributed by atoms with Gasteiger partial charge in [-0.15, -0.1) is 11.3 Å². The highest BCUT2D eigenvalue weighted by molar-refractivity contribution is 7.15. The zero-order valence-electron chi connectivity index (χ0n) is 12.1. The van der Waals surface area contributed by atoms with Gasteiger partial charge in [0, 0.05) is 16.8 Å². The van der Waals surface area contributed by atoms with Crippen molar-refractivity contribution in [1.29, 1.82) is 0 Å². The van der Waals surface area contributed by atoms with Gasteiger partial charge in [-0.1, -0.05) is 13.8 Å². The number of aromatic nitrogens is 1. The summed E-state index contributed by atoms with van der Waals surface area (Å²) in [7, 11) is 0. The molecule has 1 aliphatic rings. The molecule has 0 saturated carbocycles. The van der Waals surface area contributed by atoms with Crippen molar-refractivity contribution in [3.8, 4) is 0 Å². The molecule has 0 radical (unpaired) electrons. The summed E-state index contributed by atoms with van der Waals surface area (Å²) in [6, 6.07) is 0. The van der Waals surface area contributed by atoms with Crippen molar-refractivity contribution in [3.05, 3.63) is 10.6 Å². The molecular formula is C13H21N3O2S. The zero-order valence-corrected chi connectivity index (χ0v) is 12.9. The predicted octanol–water partition coefficient (Wildman–Crippen LogP) is 2.75. The fourth-order valence-electron chi connectivity index (χ4n) is 2.24. The highest BCUT2D eigenvalue weighted by Gasteiger charge is 2.38. The number of nitrogens with two attached hydrogens (primary N) is 1. The summed E-state index contributed by atoms with van der Waals surface area (Å²) in [4.78, 5) is 19.3. The Kier molecular flexibility index (Phi) is 3.24. The summed E-state index contributed by atoms with van der Waals surface area (Å²) < 4.78 is 5.43. The van der Waals surface area contributed by atoms with Gasteiger partial charge in [-0.05, 0) is 20.8 Å². The van der Waals surface area contributed by atoms with Gasteiger partial charge in [0.05, 0.1) is 12.2 Å². The number of nitrogens with zero attached hydrogens (tertiary/aromatic N) is 2. The molecule has 19 heavy (non-hydrogen) atoms. The number of rotatable bonds is 0. The lowest BCUT2D eigenvalue weighted by molar-refractivity contribution is 0.0175. The van der Waals surface area contributed by atoms with Crippen LogP contribution in [0.1, 0.15) is 45.2 Å². The summed E-state index contributed by atoms with van der Waals surface area (Å²) in [5.41, 5.74) is 6.11. The first-order valence-corrected chi connectivity index (χ1v) is 7.14. The van der Waals surface area contributed by atoms with E-state index in [4.69, 9.17) is 10.5 Å². The summed E-state index contributed by atoms with van der Waals surface area (Å²) in [6.45, 7) is 10.9. The minimum absolute atomic E-state index is 0.196. The molecular weight excluding hydrogens is 262 g/mol. The van der Waals surface area contributed by atoms with Crippen molar-refractivity contribution in [2.75, 3.05) is 12.3 Å². The Morgan fingerprint density at radius 3 is 2.68 bits per heavy atom. The number of nitrogen functional groups attached to an aromatic ring is 1. The number of hydrogen-bond donors (Lipinski definition) is 1. The second-order valence-corrected chi connectivity index (χ2v) is 7.66. The Morgan fingerprint density at radius 2 is 2.11 bits per heavy atom. The third-order valence-corrected chi connectivity index (χ3v) is 3.80. The Labute approximate surface area is 117 Å². The maximum Gasteiger partial charge on any atom is 0.410 e. The van der Waals surface area contributed by atoms with Gasteiger partial charge in [0.25, 0.3) is 0 Å². The second kappa shape index (κ2) is 4.37. The van der Waals surface area contributed by atoms with Gasteiger partial charge < -0.3 is 15.4 Å². The standard InChI is InChI=1S/C13H21N3O2S/c1-12(2,3)18-11(17)16-6-8-9(13(4,5)7-16)15-10(14)19-8/h6-7H2,1-5H3,(H2,14,15). The lowest BCUT2D eigenvalue weighted by Crippen LogP contribution is -2.46. The number of fused-ring (bicyclic) bond motifs is 1. The molecule has 5 nitrogen and oxygen atoms in total. The molecule has 0 fully saturated rings. The first-order valence-electron chi connectivity index (χ1n) is 6.32. The van der Waals surface area contributed by atoms with E-state index in [9.17, 15) is 4.79 Å². The number of thiazole rings is 1. The van der Waals surface area contributed by atoms with E-state index in [1.165, 1.54) is 11.3 Å². The largest absolute Gasteiger partial charge is 0.444 e. The van der Waals surface area contributed by atoms with E-state index in [0.29, 0.717) is 18.2 Å². The van der Waals surface area contributed by atoms with Gasteiger partial charge in [-0.25, -0.2) is 9.78 Å². The third kappa shape index (κ3) is 3.00. The molecule has 0 aliphatic carbocycles. The SMILES string of the molecule is CC(C)(C)OC(=O)N1Cc2sc(N)nc2C(C)(C)C1. The maximum absolute atomic E-state index is 12.2. The Hall–Kier alpha value is -1.30. The lowest BCUT2D eigenvalue weighted by atomic mass is 9.85. The van der Waals surface area contributed by atoms with Crippen LogP contribution in [0.25, 0.3) is 0 Å². The Balaban J connectivity index is 2.22. The van der Waals surface area contributed by atoms with Crippen LogP contribution in [0.2, 0.25) is 0 Å². The molecule has 1 aliphatic heterocycles. The van der Waals surface area contributed by atoms with E-state index in [0.717, 1.165) is 10.6 Å². The minimum Gasteiger partial charge on any atom is -0.444 e. The van der Waals surface area contributed by atoms with Crippen LogP contribution in [0.4, 0.5) is 9.93 Å². The number of anilines is 1. The van der Waals surface area contributed by atoms with Crippen LogP contribution in [0.15, 0.2) is 0 Å². The maximum atomic E-state index is 12.2. The van der Waals surface area contributed by atoms with Gasteiger partial charge in [-0.3, -0.25) is 0 Å². The summed E-state index contributed by atoms with van der Waals surface area (Å²) in [6.07, 6.45) is -0.279. The normalized spacial score (nSPS) is 18.1. The molecule has 0 aromatic carbocycles. The van der Waals surface area contributed by atoms with Gasteiger partial charge >= 0.3 is 6.09 Å². The predicted molar refractivity (Wildman–Crippen MR) is 76.2 cm³/mol. The fourth-order valence-corrected chi connectivity index (χ4v) is 3.27. The third-order valence-electron chi connectivity index (χ3n) is 2.93. The highest BCUT2D eigenvalue weighted by atomic mass is 32.1. The molecule has 0 saturated heterocycles. The second-order valence-electron chi connectivity index (χ2n) is 6.54. The number of carbonyl (C=O) groups excluding carboxylic acids is 1. The van der Waals surface area contributed by atoms with E-state index >= 15 is 0 Å². The van der Waals surface area contributed by atoms with Crippen LogP contribution < -0.4 is 5.73 Å². The first-order chi connectivity index (χ1) is 8.58. The quantitative estimate of drug-likeness (QED) is 0.795. The van der Waals surface area contributed by atoms with Gasteiger partial charge in [0.15, 0.2) is 5.13 Å². The van der Waals surface area contributed by atoms with Crippen LogP contribution in [0.3, 0.4) is 0 Å². The molecule has 1 amide bonds. The molecule has 0 spiro atoms. The van der Waals surface area contributed by atoms with E-state index in [1.54, 1.807) is 4.90 Å². The van der Waals surface area contributed by atoms with E-state index < -0.39 is 5.60 Å². The van der Waals surface area contributed by atoms with Crippen LogP contribution in [0.5, 0.6) is 0 Å². The Morgan fingerprint density at radius 1 is 1.47 bits per heavy atom. The summed E-state index contributed by atoms with van der Waals surface area (Å²) in [5.74, 6) is 0. The van der Waals surface area contributed by atoms with Gasteiger partial charge in [0.2, 0.25) is 0 Å². The van der Waals surface area contributed by atoms with Gasteiger partial charge in [0.1, 0.15) is 5.60 Å². The topological polar surface area (TPSA) is 68.5 Å². The minimum atomic E-state index is -0.478. The molecule has 106 valence electrons. The molecule has 2 heterocycles. The number of hydrogen-bond acceptors (Lipinski definition) is 5. The molecule has 0 unspecified atom stereocenters. The number of carbonyl (C=O) groups is 1. The zero-order chi connectivity index (χ0) is 14.4. The monoisotopic (exact) mass is 283 g/mol. The van der Waals surface area contributed by atoms with Gasteiger partial charge in [-0.2, -0.15) is 0 Å². The van der Waals surface area contributed by atoms with Crippen molar-refractivity contribution in [2.24, 2.45) is 0 Å². The summed E-state index contributed by atoms with van der Waals surface area (Å²) >= 11 is 1.45. The average molecular weight is 283 g/mol. The van der Waals surface area contributed by atoms with Crippen molar-refractivity contribution < 1.29 is 9.53 Å². The smallest absolute Gasteiger partial charge is 0.410 e. The molecule has 2 N–H and O–H groups in total. The molecule has 1 aromatic heterocycles. The summed E-state index contributed by atoms with van der Waals surface area (Å²) in [5, 5.41) is 0.559. The average Bonchev–Trinajstić information content (AvgIpc) is 2.56. The molecule has 6 heteroatoms. The molecule has 0 bridgehead atoms. The van der Waals surface area contributed by atoms with E-state index in [-0.39, 0.29) is 11.5 Å². The van der Waals surface area contributed by atoms with Crippen LogP contribution >= 0.6 is 11.3 Å². The number of ether oxygens (including phenoxy) is 1. The van der Waals surface area contributed by atoms with Crippen molar-refractivity contribution in [3.63, 3.8) is 0 Å². The molecule has 2 rings (SSSR count). The molecule has 0 atom stereocenters. The van der Waals surface area contributed by atoms with Crippen molar-refractivity contribution >= 4 is 22.6 Å². The Bertz CT molecular complexity index is 502. The highest BCUT2D eigenvalue weighted by Crippen LogP contribution is 2.37. The first kappa shape index (κ1) is 14.1. The van der Waals surface area contributed by atoms with E-state index in [2.05, 4.69) is 18.8 Å².